The summed E-state index contributed by atoms with van der Waals surface area (Å²) in [7, 11) is -10.1. The first-order valence-corrected chi connectivity index (χ1v) is 5.26. The minimum atomic E-state index is -5.05. The second-order valence-corrected chi connectivity index (χ2v) is 3.86. The molecular formula is C2H8O8P2. The fourth-order valence-electron chi connectivity index (χ4n) is 0.139. The van der Waals surface area contributed by atoms with Crippen molar-refractivity contribution in [2.24, 2.45) is 0 Å². The topological polar surface area (TPSA) is 145 Å². The van der Waals surface area contributed by atoms with E-state index in [-0.39, 0.29) is 0 Å². The van der Waals surface area contributed by atoms with Crippen LogP contribution in [0.2, 0.25) is 0 Å². The lowest BCUT2D eigenvalue weighted by atomic mass is 11.2. The van der Waals surface area contributed by atoms with Gasteiger partial charge < -0.3 is 24.7 Å². The van der Waals surface area contributed by atoms with Crippen molar-refractivity contribution in [2.45, 2.75) is 0 Å². The van der Waals surface area contributed by atoms with E-state index in [4.69, 9.17) is 24.7 Å². The van der Waals surface area contributed by atoms with E-state index >= 15 is 0 Å². The molecule has 0 radical (unpaired) electrons. The molecule has 0 saturated heterocycles. The predicted molar refractivity (Wildman–Crippen MR) is 38.0 cm³/mol. The van der Waals surface area contributed by atoms with Crippen LogP contribution in [-0.4, -0.2) is 24.7 Å². The van der Waals surface area contributed by atoms with E-state index in [1.807, 2.05) is 0 Å². The lowest BCUT2D eigenvalue weighted by Gasteiger charge is -2.03. The predicted octanol–water partition coefficient (Wildman–Crippen LogP) is -0.124. The summed E-state index contributed by atoms with van der Waals surface area (Å²) < 4.78 is 22.2. The lowest BCUT2D eigenvalue weighted by molar-refractivity contribution is 0.225. The Hall–Kier alpha value is -0.200. The highest BCUT2D eigenvalue weighted by molar-refractivity contribution is 7.60. The Morgan fingerprint density at radius 2 is 1.25 bits per heavy atom. The monoisotopic (exact) mass is 222 g/mol. The van der Waals surface area contributed by atoms with Crippen LogP contribution >= 0.6 is 15.6 Å². The number of hydrogen-bond donors (Lipinski definition) is 5. The van der Waals surface area contributed by atoms with Gasteiger partial charge in [-0.1, -0.05) is 6.58 Å². The van der Waals surface area contributed by atoms with Gasteiger partial charge in [0.15, 0.2) is 0 Å². The fourth-order valence-corrected chi connectivity index (χ4v) is 1.25. The third kappa shape index (κ3) is 22.6. The van der Waals surface area contributed by atoms with Crippen molar-refractivity contribution in [1.82, 2.24) is 0 Å². The van der Waals surface area contributed by atoms with Crippen molar-refractivity contribution in [1.29, 1.82) is 0 Å². The first kappa shape index (κ1) is 14.3. The molecule has 0 aromatic heterocycles. The van der Waals surface area contributed by atoms with Gasteiger partial charge in [-0.15, -0.1) is 0 Å². The smallest absolute Gasteiger partial charge is 0.478 e. The van der Waals surface area contributed by atoms with Crippen LogP contribution in [0, 0.1) is 0 Å². The number of phosphoric acid groups is 2. The van der Waals surface area contributed by atoms with Crippen molar-refractivity contribution in [2.75, 3.05) is 0 Å². The molecule has 0 unspecified atom stereocenters. The Morgan fingerprint density at radius 1 is 1.08 bits per heavy atom. The van der Waals surface area contributed by atoms with Gasteiger partial charge in [0, 0.05) is 0 Å². The van der Waals surface area contributed by atoms with Crippen molar-refractivity contribution in [3.8, 4) is 0 Å². The Kier molecular flexibility index (Phi) is 6.50. The molecule has 0 heterocycles. The minimum Gasteiger partial charge on any atom is -0.516 e. The van der Waals surface area contributed by atoms with E-state index in [1.54, 1.807) is 0 Å². The first-order chi connectivity index (χ1) is 5.12. The average Bonchev–Trinajstić information content (AvgIpc) is 1.53. The van der Waals surface area contributed by atoms with E-state index in [0.29, 0.717) is 0 Å². The average molecular weight is 222 g/mol. The Morgan fingerprint density at radius 3 is 1.25 bits per heavy atom. The maximum Gasteiger partial charge on any atom is 0.478 e. The molecule has 10 heteroatoms. The summed E-state index contributed by atoms with van der Waals surface area (Å²) in [6.45, 7) is 2.92. The van der Waals surface area contributed by atoms with Gasteiger partial charge in [-0.2, -0.15) is 4.31 Å². The van der Waals surface area contributed by atoms with Gasteiger partial charge in [0.1, 0.15) is 0 Å². The zero-order chi connectivity index (χ0) is 10.4. The van der Waals surface area contributed by atoms with E-state index < -0.39 is 15.6 Å². The quantitative estimate of drug-likeness (QED) is 0.321. The normalized spacial score (nSPS) is 11.3. The summed E-state index contributed by atoms with van der Waals surface area (Å²) in [4.78, 5) is 31.0. The first-order valence-electron chi connectivity index (χ1n) is 2.20. The SMILES string of the molecule is C=CO.O=P(O)(O)OP(=O)(O)O. The molecule has 0 aromatic rings. The zero-order valence-corrected chi connectivity index (χ0v) is 7.43. The van der Waals surface area contributed by atoms with Crippen LogP contribution < -0.4 is 0 Å². The molecule has 0 aliphatic carbocycles. The van der Waals surface area contributed by atoms with Gasteiger partial charge in [0.2, 0.25) is 0 Å². The molecule has 8 nitrogen and oxygen atoms in total. The molecule has 0 aliphatic rings. The second-order valence-electron chi connectivity index (χ2n) is 1.25. The maximum absolute atomic E-state index is 9.63. The highest BCUT2D eigenvalue weighted by atomic mass is 31.3. The lowest BCUT2D eigenvalue weighted by Crippen LogP contribution is -1.84. The molecule has 74 valence electrons. The van der Waals surface area contributed by atoms with Crippen molar-refractivity contribution < 1.29 is 38.1 Å². The molecule has 0 bridgehead atoms. The highest BCUT2D eigenvalue weighted by Crippen LogP contribution is 2.53. The molecule has 12 heavy (non-hydrogen) atoms. The van der Waals surface area contributed by atoms with Gasteiger partial charge in [-0.05, 0) is 0 Å². The van der Waals surface area contributed by atoms with Gasteiger partial charge in [-0.3, -0.25) is 0 Å². The minimum absolute atomic E-state index is 0.750. The van der Waals surface area contributed by atoms with E-state index in [9.17, 15) is 9.13 Å². The summed E-state index contributed by atoms with van der Waals surface area (Å²) in [5, 5.41) is 7.33. The van der Waals surface area contributed by atoms with Crippen LogP contribution in [0.25, 0.3) is 0 Å². The van der Waals surface area contributed by atoms with Gasteiger partial charge in [-0.25, -0.2) is 9.13 Å². The Balaban J connectivity index is 0. The Labute approximate surface area is 67.6 Å². The standard InChI is InChI=1S/C2H4O.H4O7P2/c1-2-3;1-8(2,3)7-9(4,5)6/h2-3H,1H2;(H2,1,2,3)(H2,4,5,6). The summed E-state index contributed by atoms with van der Waals surface area (Å²) >= 11 is 0. The molecule has 0 amide bonds. The summed E-state index contributed by atoms with van der Waals surface area (Å²) in [5.41, 5.74) is 0. The van der Waals surface area contributed by atoms with Gasteiger partial charge in [0.25, 0.3) is 0 Å². The summed E-state index contributed by atoms with van der Waals surface area (Å²) in [5.74, 6) is 0. The van der Waals surface area contributed by atoms with Crippen LogP contribution in [0.4, 0.5) is 0 Å². The molecule has 0 rings (SSSR count). The highest BCUT2D eigenvalue weighted by Gasteiger charge is 2.27. The van der Waals surface area contributed by atoms with Crippen LogP contribution in [0.15, 0.2) is 12.8 Å². The zero-order valence-electron chi connectivity index (χ0n) is 5.64. The summed E-state index contributed by atoms with van der Waals surface area (Å²) in [6, 6.07) is 0. The molecule has 5 N–H and O–H groups in total. The molecule has 0 atom stereocenters. The van der Waals surface area contributed by atoms with E-state index in [2.05, 4.69) is 10.9 Å². The van der Waals surface area contributed by atoms with Crippen molar-refractivity contribution >= 4 is 15.6 Å². The van der Waals surface area contributed by atoms with Gasteiger partial charge >= 0.3 is 15.6 Å². The van der Waals surface area contributed by atoms with Crippen LogP contribution in [-0.2, 0) is 13.4 Å². The van der Waals surface area contributed by atoms with Crippen molar-refractivity contribution in [3.05, 3.63) is 12.8 Å². The second kappa shape index (κ2) is 5.45. The molecular weight excluding hydrogens is 214 g/mol. The third-order valence-corrected chi connectivity index (χ3v) is 1.91. The molecule has 0 spiro atoms. The van der Waals surface area contributed by atoms with E-state index in [1.165, 1.54) is 0 Å². The Bertz CT molecular complexity index is 189. The number of aliphatic hydroxyl groups is 1. The largest absolute Gasteiger partial charge is 0.516 e. The maximum atomic E-state index is 9.63. The fraction of sp³-hybridized carbons (Fsp3) is 0. The van der Waals surface area contributed by atoms with Crippen molar-refractivity contribution in [3.63, 3.8) is 0 Å². The molecule has 0 fully saturated rings. The van der Waals surface area contributed by atoms with Crippen LogP contribution in [0.1, 0.15) is 0 Å². The van der Waals surface area contributed by atoms with Gasteiger partial charge in [0.05, 0.1) is 6.26 Å². The molecule has 0 saturated carbocycles. The summed E-state index contributed by atoms with van der Waals surface area (Å²) in [6.07, 6.45) is 0.750. The molecule has 0 aliphatic heterocycles. The van der Waals surface area contributed by atoms with Crippen LogP contribution in [0.3, 0.4) is 0 Å². The van der Waals surface area contributed by atoms with Crippen LogP contribution in [0.5, 0.6) is 0 Å². The van der Waals surface area contributed by atoms with E-state index in [0.717, 1.165) is 6.26 Å². The molecule has 0 aromatic carbocycles. The number of hydrogen-bond acceptors (Lipinski definition) is 4. The third-order valence-electron chi connectivity index (χ3n) is 0.213. The number of aliphatic hydroxyl groups excluding tert-OH is 1. The number of rotatable bonds is 2.